The van der Waals surface area contributed by atoms with Gasteiger partial charge in [-0.15, -0.1) is 0 Å². The van der Waals surface area contributed by atoms with Gasteiger partial charge in [-0.1, -0.05) is 6.07 Å². The average Bonchev–Trinajstić information content (AvgIpc) is 2.61. The fourth-order valence-corrected chi connectivity index (χ4v) is 2.64. The number of ether oxygens (including phenoxy) is 1. The largest absolute Gasteiger partial charge is 0.477 e. The Hall–Kier alpha value is -3.69. The van der Waals surface area contributed by atoms with E-state index in [9.17, 15) is 19.7 Å². The minimum atomic E-state index is -0.782. The summed E-state index contributed by atoms with van der Waals surface area (Å²) in [6.07, 6.45) is -0.782. The summed E-state index contributed by atoms with van der Waals surface area (Å²) in [5.41, 5.74) is 6.47. The predicted molar refractivity (Wildman–Crippen MR) is 97.6 cm³/mol. The van der Waals surface area contributed by atoms with Crippen molar-refractivity contribution in [3.05, 3.63) is 46.0 Å². The summed E-state index contributed by atoms with van der Waals surface area (Å²) in [4.78, 5) is 40.6. The maximum Gasteiger partial charge on any atom is 0.271 e. The number of hydrogen-bond acceptors (Lipinski definition) is 7. The molecule has 1 unspecified atom stereocenters. The lowest BCUT2D eigenvalue weighted by molar-refractivity contribution is -0.384. The van der Waals surface area contributed by atoms with E-state index in [-0.39, 0.29) is 23.9 Å². The molecule has 140 valence electrons. The summed E-state index contributed by atoms with van der Waals surface area (Å²) in [6, 6.07) is 7.26. The molecule has 2 aromatic rings. The number of nitrogens with two attached hydrogens (primary N) is 1. The molecule has 0 fully saturated rings. The number of non-ortho nitro benzene ring substituents is 1. The Morgan fingerprint density at radius 3 is 2.85 bits per heavy atom. The highest BCUT2D eigenvalue weighted by atomic mass is 16.6. The van der Waals surface area contributed by atoms with Crippen LogP contribution in [0.1, 0.15) is 12.5 Å². The molecule has 1 atom stereocenters. The van der Waals surface area contributed by atoms with Crippen molar-refractivity contribution in [2.75, 3.05) is 22.5 Å². The molecule has 2 heterocycles. The van der Waals surface area contributed by atoms with E-state index in [2.05, 4.69) is 10.3 Å². The monoisotopic (exact) mass is 371 g/mol. The summed E-state index contributed by atoms with van der Waals surface area (Å²) >= 11 is 0. The van der Waals surface area contributed by atoms with Gasteiger partial charge in [-0.2, -0.15) is 0 Å². The van der Waals surface area contributed by atoms with Crippen molar-refractivity contribution in [3.63, 3.8) is 0 Å². The second-order valence-corrected chi connectivity index (χ2v) is 6.05. The van der Waals surface area contributed by atoms with Crippen molar-refractivity contribution in [2.24, 2.45) is 0 Å². The number of carbonyl (C=O) groups is 2. The topological polar surface area (TPSA) is 141 Å². The third-order valence-electron chi connectivity index (χ3n) is 4.04. The van der Waals surface area contributed by atoms with E-state index >= 15 is 0 Å². The number of nitro benzene ring substituents is 1. The Bertz CT molecular complexity index is 945. The summed E-state index contributed by atoms with van der Waals surface area (Å²) in [7, 11) is 0. The third kappa shape index (κ3) is 3.64. The zero-order chi connectivity index (χ0) is 19.7. The number of rotatable bonds is 4. The number of nitrogen functional groups attached to an aromatic ring is 1. The Morgan fingerprint density at radius 1 is 1.41 bits per heavy atom. The molecule has 0 bridgehead atoms. The zero-order valence-corrected chi connectivity index (χ0v) is 14.6. The molecule has 10 heteroatoms. The summed E-state index contributed by atoms with van der Waals surface area (Å²) in [5, 5.41) is 13.5. The lowest BCUT2D eigenvalue weighted by Crippen LogP contribution is -2.48. The third-order valence-corrected chi connectivity index (χ3v) is 4.04. The molecule has 2 amide bonds. The van der Waals surface area contributed by atoms with Crippen molar-refractivity contribution in [3.8, 4) is 5.75 Å². The van der Waals surface area contributed by atoms with E-state index in [4.69, 9.17) is 10.5 Å². The summed E-state index contributed by atoms with van der Waals surface area (Å²) in [5.74, 6) is -0.290. The Labute approximate surface area is 154 Å². The second-order valence-electron chi connectivity index (χ2n) is 6.05. The van der Waals surface area contributed by atoms with Gasteiger partial charge in [0.15, 0.2) is 17.7 Å². The maximum absolute atomic E-state index is 12.5. The number of nitro groups is 1. The lowest BCUT2D eigenvalue weighted by Gasteiger charge is -2.31. The van der Waals surface area contributed by atoms with E-state index in [1.807, 2.05) is 0 Å². The van der Waals surface area contributed by atoms with Crippen LogP contribution >= 0.6 is 0 Å². The predicted octanol–water partition coefficient (Wildman–Crippen LogP) is 1.63. The first-order valence-corrected chi connectivity index (χ1v) is 8.05. The van der Waals surface area contributed by atoms with Gasteiger partial charge in [0.05, 0.1) is 10.6 Å². The highest BCUT2D eigenvalue weighted by Gasteiger charge is 2.34. The van der Waals surface area contributed by atoms with Crippen LogP contribution in [0.5, 0.6) is 5.75 Å². The lowest BCUT2D eigenvalue weighted by atomic mass is 10.2. The highest BCUT2D eigenvalue weighted by molar-refractivity contribution is 6.05. The van der Waals surface area contributed by atoms with Crippen molar-refractivity contribution in [1.82, 2.24) is 4.98 Å². The van der Waals surface area contributed by atoms with Crippen LogP contribution in [0.4, 0.5) is 23.0 Å². The standard InChI is InChI=1S/C17H17N5O5/c1-9-3-4-11(22(25)26)7-12(9)19-15(23)8-21-16-13(5-6-14(18)20-16)27-10(2)17(21)24/h3-7,10H,8H2,1-2H3,(H2,18,20)(H,19,23). The average molecular weight is 371 g/mol. The molecule has 1 aliphatic heterocycles. The number of fused-ring (bicyclic) bond motifs is 1. The number of aryl methyl sites for hydroxylation is 1. The molecule has 0 saturated carbocycles. The smallest absolute Gasteiger partial charge is 0.271 e. The van der Waals surface area contributed by atoms with Gasteiger partial charge in [0.2, 0.25) is 5.91 Å². The van der Waals surface area contributed by atoms with Crippen LogP contribution in [0.2, 0.25) is 0 Å². The number of amides is 2. The second kappa shape index (κ2) is 6.90. The fraction of sp³-hybridized carbons (Fsp3) is 0.235. The minimum absolute atomic E-state index is 0.147. The van der Waals surface area contributed by atoms with Gasteiger partial charge >= 0.3 is 0 Å². The first-order valence-electron chi connectivity index (χ1n) is 8.05. The Balaban J connectivity index is 1.84. The molecule has 1 aromatic heterocycles. The normalized spacial score (nSPS) is 15.7. The molecule has 0 spiro atoms. The number of benzene rings is 1. The summed E-state index contributed by atoms with van der Waals surface area (Å²) in [6.45, 7) is 2.94. The van der Waals surface area contributed by atoms with Gasteiger partial charge in [0.1, 0.15) is 12.4 Å². The quantitative estimate of drug-likeness (QED) is 0.614. The molecule has 0 radical (unpaired) electrons. The number of aromatic nitrogens is 1. The zero-order valence-electron chi connectivity index (χ0n) is 14.6. The van der Waals surface area contributed by atoms with E-state index in [1.165, 1.54) is 29.2 Å². The van der Waals surface area contributed by atoms with Crippen LogP contribution in [-0.2, 0) is 9.59 Å². The fourth-order valence-electron chi connectivity index (χ4n) is 2.64. The number of nitrogens with one attached hydrogen (secondary N) is 1. The van der Waals surface area contributed by atoms with Gasteiger partial charge in [-0.3, -0.25) is 24.6 Å². The van der Waals surface area contributed by atoms with Crippen LogP contribution in [0.25, 0.3) is 0 Å². The Morgan fingerprint density at radius 2 is 2.15 bits per heavy atom. The van der Waals surface area contributed by atoms with Gasteiger partial charge in [-0.25, -0.2) is 4.98 Å². The number of carbonyl (C=O) groups excluding carboxylic acids is 2. The molecule has 3 rings (SSSR count). The number of hydrogen-bond donors (Lipinski definition) is 2. The van der Waals surface area contributed by atoms with E-state index in [1.54, 1.807) is 19.9 Å². The molecular weight excluding hydrogens is 354 g/mol. The molecule has 0 saturated heterocycles. The van der Waals surface area contributed by atoms with Crippen LogP contribution in [0.3, 0.4) is 0 Å². The van der Waals surface area contributed by atoms with Gasteiger partial charge < -0.3 is 15.8 Å². The first-order chi connectivity index (χ1) is 12.8. The van der Waals surface area contributed by atoms with E-state index in [0.717, 1.165) is 0 Å². The van der Waals surface area contributed by atoms with Crippen LogP contribution in [0, 0.1) is 17.0 Å². The Kier molecular flexibility index (Phi) is 4.63. The van der Waals surface area contributed by atoms with E-state index < -0.39 is 22.8 Å². The van der Waals surface area contributed by atoms with Crippen molar-refractivity contribution in [2.45, 2.75) is 20.0 Å². The molecule has 3 N–H and O–H groups in total. The first kappa shape index (κ1) is 18.1. The molecule has 1 aliphatic rings. The minimum Gasteiger partial charge on any atom is -0.477 e. The number of nitrogens with zero attached hydrogens (tertiary/aromatic N) is 3. The van der Waals surface area contributed by atoms with Crippen LogP contribution in [0.15, 0.2) is 30.3 Å². The van der Waals surface area contributed by atoms with E-state index in [0.29, 0.717) is 17.0 Å². The van der Waals surface area contributed by atoms with Gasteiger partial charge in [0, 0.05) is 12.1 Å². The van der Waals surface area contributed by atoms with Crippen LogP contribution < -0.4 is 20.7 Å². The number of pyridine rings is 1. The summed E-state index contributed by atoms with van der Waals surface area (Å²) < 4.78 is 5.47. The highest BCUT2D eigenvalue weighted by Crippen LogP contribution is 2.33. The molecule has 1 aromatic carbocycles. The van der Waals surface area contributed by atoms with Crippen molar-refractivity contribution >= 4 is 34.8 Å². The number of anilines is 3. The van der Waals surface area contributed by atoms with Gasteiger partial charge in [0.25, 0.3) is 11.6 Å². The van der Waals surface area contributed by atoms with Crippen LogP contribution in [-0.4, -0.2) is 34.4 Å². The maximum atomic E-state index is 12.5. The molecule has 10 nitrogen and oxygen atoms in total. The van der Waals surface area contributed by atoms with Crippen molar-refractivity contribution in [1.29, 1.82) is 0 Å². The SMILES string of the molecule is Cc1ccc([N+](=O)[O-])cc1NC(=O)CN1C(=O)C(C)Oc2ccc(N)nc21. The molecule has 27 heavy (non-hydrogen) atoms. The molecular formula is C17H17N5O5. The molecule has 0 aliphatic carbocycles. The van der Waals surface area contributed by atoms with Gasteiger partial charge in [-0.05, 0) is 31.5 Å². The van der Waals surface area contributed by atoms with Crippen molar-refractivity contribution < 1.29 is 19.2 Å².